The van der Waals surface area contributed by atoms with E-state index in [-0.39, 0.29) is 5.75 Å². The highest BCUT2D eigenvalue weighted by Crippen LogP contribution is 2.32. The van der Waals surface area contributed by atoms with Crippen molar-refractivity contribution in [3.05, 3.63) is 59.7 Å². The average Bonchev–Trinajstić information content (AvgIpc) is 2.41. The predicted molar refractivity (Wildman–Crippen MR) is 74.4 cm³/mol. The molecule has 0 bridgehead atoms. The first-order valence-corrected chi connectivity index (χ1v) is 6.17. The van der Waals surface area contributed by atoms with Gasteiger partial charge < -0.3 is 14.9 Å². The molecule has 3 nitrogen and oxygen atoms in total. The Labute approximate surface area is 113 Å². The van der Waals surface area contributed by atoms with Crippen LogP contribution in [-0.2, 0) is 12.0 Å². The Bertz CT molecular complexity index is 544. The molecule has 100 valence electrons. The van der Waals surface area contributed by atoms with Crippen molar-refractivity contribution < 1.29 is 14.9 Å². The van der Waals surface area contributed by atoms with E-state index in [9.17, 15) is 10.2 Å². The molecule has 3 heteroatoms. The van der Waals surface area contributed by atoms with E-state index in [0.29, 0.717) is 12.2 Å². The zero-order valence-electron chi connectivity index (χ0n) is 11.1. The van der Waals surface area contributed by atoms with E-state index < -0.39 is 5.60 Å². The Kier molecular flexibility index (Phi) is 3.76. The van der Waals surface area contributed by atoms with Gasteiger partial charge in [0.15, 0.2) is 0 Å². The number of phenolic OH excluding ortho intramolecular Hbond substituents is 1. The highest BCUT2D eigenvalue weighted by Gasteiger charge is 2.26. The minimum Gasteiger partial charge on any atom is -0.508 e. The van der Waals surface area contributed by atoms with E-state index in [1.54, 1.807) is 38.3 Å². The molecule has 0 amide bonds. The fourth-order valence-electron chi connectivity index (χ4n) is 2.20. The number of hydrogen-bond acceptors (Lipinski definition) is 3. The Morgan fingerprint density at radius 1 is 1.05 bits per heavy atom. The van der Waals surface area contributed by atoms with Crippen LogP contribution in [0.4, 0.5) is 0 Å². The third-order valence-electron chi connectivity index (χ3n) is 3.17. The van der Waals surface area contributed by atoms with E-state index in [1.807, 2.05) is 24.3 Å². The molecule has 2 rings (SSSR count). The summed E-state index contributed by atoms with van der Waals surface area (Å²) in [4.78, 5) is 0. The van der Waals surface area contributed by atoms with Crippen molar-refractivity contribution >= 4 is 0 Å². The number of benzene rings is 2. The number of hydrogen-bond donors (Lipinski definition) is 2. The summed E-state index contributed by atoms with van der Waals surface area (Å²) in [5.41, 5.74) is 0.683. The second kappa shape index (κ2) is 5.33. The lowest BCUT2D eigenvalue weighted by Crippen LogP contribution is -2.25. The second-order valence-corrected chi connectivity index (χ2v) is 4.82. The van der Waals surface area contributed by atoms with Crippen molar-refractivity contribution in [2.45, 2.75) is 18.9 Å². The maximum atomic E-state index is 10.7. The minimum atomic E-state index is -1.02. The quantitative estimate of drug-likeness (QED) is 0.886. The molecular weight excluding hydrogens is 240 g/mol. The Hall–Kier alpha value is -2.00. The van der Waals surface area contributed by atoms with Crippen molar-refractivity contribution in [3.63, 3.8) is 0 Å². The van der Waals surface area contributed by atoms with E-state index >= 15 is 0 Å². The van der Waals surface area contributed by atoms with Crippen LogP contribution in [0, 0.1) is 0 Å². The molecule has 2 N–H and O–H groups in total. The molecule has 19 heavy (non-hydrogen) atoms. The Morgan fingerprint density at radius 3 is 2.32 bits per heavy atom. The molecule has 2 aromatic rings. The number of ether oxygens (including phenoxy) is 1. The van der Waals surface area contributed by atoms with Gasteiger partial charge in [0, 0.05) is 12.0 Å². The molecule has 0 saturated heterocycles. The molecule has 0 aromatic heterocycles. The van der Waals surface area contributed by atoms with Crippen molar-refractivity contribution in [2.24, 2.45) is 0 Å². The van der Waals surface area contributed by atoms with Crippen LogP contribution < -0.4 is 4.74 Å². The molecule has 0 spiro atoms. The van der Waals surface area contributed by atoms with Gasteiger partial charge in [0.2, 0.25) is 0 Å². The first-order valence-electron chi connectivity index (χ1n) is 6.17. The van der Waals surface area contributed by atoms with Crippen molar-refractivity contribution in [3.8, 4) is 11.5 Å². The van der Waals surface area contributed by atoms with E-state index in [0.717, 1.165) is 11.1 Å². The zero-order valence-corrected chi connectivity index (χ0v) is 11.1. The maximum absolute atomic E-state index is 10.7. The minimum absolute atomic E-state index is 0.223. The van der Waals surface area contributed by atoms with Crippen LogP contribution in [0.25, 0.3) is 0 Å². The van der Waals surface area contributed by atoms with E-state index in [4.69, 9.17) is 4.74 Å². The summed E-state index contributed by atoms with van der Waals surface area (Å²) in [5, 5.41) is 19.9. The highest BCUT2D eigenvalue weighted by atomic mass is 16.5. The molecule has 1 unspecified atom stereocenters. The molecule has 0 aliphatic carbocycles. The Balaban J connectivity index is 2.29. The van der Waals surface area contributed by atoms with Gasteiger partial charge in [-0.3, -0.25) is 0 Å². The fraction of sp³-hybridized carbons (Fsp3) is 0.250. The average molecular weight is 258 g/mol. The van der Waals surface area contributed by atoms with Crippen LogP contribution >= 0.6 is 0 Å². The lowest BCUT2D eigenvalue weighted by molar-refractivity contribution is 0.0549. The third-order valence-corrected chi connectivity index (χ3v) is 3.17. The third kappa shape index (κ3) is 3.06. The topological polar surface area (TPSA) is 49.7 Å². The van der Waals surface area contributed by atoms with Gasteiger partial charge in [-0.1, -0.05) is 30.3 Å². The zero-order chi connectivity index (χ0) is 13.9. The number of rotatable bonds is 4. The van der Waals surface area contributed by atoms with Crippen molar-refractivity contribution in [2.75, 3.05) is 7.11 Å². The monoisotopic (exact) mass is 258 g/mol. The summed E-state index contributed by atoms with van der Waals surface area (Å²) in [6.45, 7) is 1.76. The first kappa shape index (κ1) is 13.4. The standard InChI is InChI=1S/C16H18O3/c1-16(18,11-12-7-9-13(17)10-8-12)14-5-3-4-6-15(14)19-2/h3-10,17-18H,11H2,1-2H3. The number of para-hydroxylation sites is 1. The van der Waals surface area contributed by atoms with Gasteiger partial charge >= 0.3 is 0 Å². The molecule has 0 aliphatic rings. The first-order chi connectivity index (χ1) is 9.03. The van der Waals surface area contributed by atoms with E-state index in [1.165, 1.54) is 0 Å². The van der Waals surface area contributed by atoms with Gasteiger partial charge in [-0.2, -0.15) is 0 Å². The summed E-state index contributed by atoms with van der Waals surface area (Å²) in [7, 11) is 1.59. The molecule has 1 atom stereocenters. The summed E-state index contributed by atoms with van der Waals surface area (Å²) < 4.78 is 5.29. The molecule has 0 saturated carbocycles. The molecule has 0 heterocycles. The molecular formula is C16H18O3. The van der Waals surface area contributed by atoms with Crippen LogP contribution in [0.15, 0.2) is 48.5 Å². The predicted octanol–water partition coefficient (Wildman–Crippen LogP) is 2.85. The highest BCUT2D eigenvalue weighted by molar-refractivity contribution is 5.39. The van der Waals surface area contributed by atoms with Crippen molar-refractivity contribution in [1.29, 1.82) is 0 Å². The van der Waals surface area contributed by atoms with Crippen molar-refractivity contribution in [1.82, 2.24) is 0 Å². The molecule has 2 aromatic carbocycles. The summed E-state index contributed by atoms with van der Waals surface area (Å²) in [6, 6.07) is 14.3. The lowest BCUT2D eigenvalue weighted by Gasteiger charge is -2.26. The molecule has 0 fully saturated rings. The number of aromatic hydroxyl groups is 1. The largest absolute Gasteiger partial charge is 0.508 e. The van der Waals surface area contributed by atoms with Crippen LogP contribution in [0.5, 0.6) is 11.5 Å². The van der Waals surface area contributed by atoms with Crippen LogP contribution in [0.1, 0.15) is 18.1 Å². The summed E-state index contributed by atoms with van der Waals surface area (Å²) in [6.07, 6.45) is 0.452. The smallest absolute Gasteiger partial charge is 0.124 e. The van der Waals surface area contributed by atoms with Crippen LogP contribution in [0.3, 0.4) is 0 Å². The number of phenols is 1. The normalized spacial score (nSPS) is 13.8. The Morgan fingerprint density at radius 2 is 1.68 bits per heavy atom. The van der Waals surface area contributed by atoms with Gasteiger partial charge in [0.1, 0.15) is 11.5 Å². The number of aliphatic hydroxyl groups is 1. The number of methoxy groups -OCH3 is 1. The second-order valence-electron chi connectivity index (χ2n) is 4.82. The molecule has 0 radical (unpaired) electrons. The fourth-order valence-corrected chi connectivity index (χ4v) is 2.20. The van der Waals surface area contributed by atoms with Gasteiger partial charge in [-0.15, -0.1) is 0 Å². The lowest BCUT2D eigenvalue weighted by atomic mass is 9.88. The van der Waals surface area contributed by atoms with Gasteiger partial charge in [0.25, 0.3) is 0 Å². The summed E-state index contributed by atoms with van der Waals surface area (Å²) in [5.74, 6) is 0.895. The van der Waals surface area contributed by atoms with Gasteiger partial charge in [0.05, 0.1) is 12.7 Å². The summed E-state index contributed by atoms with van der Waals surface area (Å²) >= 11 is 0. The van der Waals surface area contributed by atoms with Crippen LogP contribution in [-0.4, -0.2) is 17.3 Å². The van der Waals surface area contributed by atoms with E-state index in [2.05, 4.69) is 0 Å². The van der Waals surface area contributed by atoms with Gasteiger partial charge in [-0.05, 0) is 30.7 Å². The SMILES string of the molecule is COc1ccccc1C(C)(O)Cc1ccc(O)cc1. The van der Waals surface area contributed by atoms with Gasteiger partial charge in [-0.25, -0.2) is 0 Å². The molecule has 0 aliphatic heterocycles. The maximum Gasteiger partial charge on any atom is 0.124 e. The van der Waals surface area contributed by atoms with Crippen LogP contribution in [0.2, 0.25) is 0 Å².